The summed E-state index contributed by atoms with van der Waals surface area (Å²) in [5.74, 6) is -0.272. The molecule has 4 nitrogen and oxygen atoms in total. The molecule has 0 radical (unpaired) electrons. The maximum Gasteiger partial charge on any atom is 0.271 e. The van der Waals surface area contributed by atoms with Crippen molar-refractivity contribution in [2.24, 2.45) is 0 Å². The number of pyridine rings is 1. The van der Waals surface area contributed by atoms with Crippen LogP contribution >= 0.6 is 0 Å². The van der Waals surface area contributed by atoms with Gasteiger partial charge in [-0.2, -0.15) is 0 Å². The second-order valence-electron chi connectivity index (χ2n) is 4.88. The number of amides is 1. The van der Waals surface area contributed by atoms with E-state index in [9.17, 15) is 4.79 Å². The third-order valence-corrected chi connectivity index (χ3v) is 2.74. The molecule has 0 spiro atoms. The van der Waals surface area contributed by atoms with Gasteiger partial charge >= 0.3 is 0 Å². The number of aliphatic hydroxyl groups excluding tert-OH is 1. The molecule has 2 rings (SSSR count). The molecule has 0 fully saturated rings. The molecule has 1 amide bonds. The average molecular weight is 244 g/mol. The number of aliphatic hydroxyl groups is 1. The number of aromatic nitrogens is 1. The SMILES string of the molecule is CC(C)(CO)NC(=O)c1nccc2ccccc12. The first-order valence-corrected chi connectivity index (χ1v) is 5.81. The number of hydrogen-bond acceptors (Lipinski definition) is 3. The van der Waals surface area contributed by atoms with Crippen molar-refractivity contribution in [3.05, 3.63) is 42.2 Å². The summed E-state index contributed by atoms with van der Waals surface area (Å²) in [7, 11) is 0. The lowest BCUT2D eigenvalue weighted by molar-refractivity contribution is 0.0866. The van der Waals surface area contributed by atoms with Crippen molar-refractivity contribution < 1.29 is 9.90 Å². The van der Waals surface area contributed by atoms with E-state index in [2.05, 4.69) is 10.3 Å². The molecule has 0 aliphatic heterocycles. The zero-order valence-corrected chi connectivity index (χ0v) is 10.5. The van der Waals surface area contributed by atoms with E-state index < -0.39 is 5.54 Å². The second kappa shape index (κ2) is 4.74. The van der Waals surface area contributed by atoms with Gasteiger partial charge in [0.25, 0.3) is 5.91 Å². The number of carbonyl (C=O) groups excluding carboxylic acids is 1. The van der Waals surface area contributed by atoms with Gasteiger partial charge in [-0.1, -0.05) is 24.3 Å². The molecule has 0 aliphatic rings. The van der Waals surface area contributed by atoms with Crippen molar-refractivity contribution in [1.29, 1.82) is 0 Å². The molecule has 1 aromatic carbocycles. The van der Waals surface area contributed by atoms with Crippen LogP contribution in [0.1, 0.15) is 24.3 Å². The van der Waals surface area contributed by atoms with Crippen molar-refractivity contribution in [2.75, 3.05) is 6.61 Å². The fourth-order valence-electron chi connectivity index (χ4n) is 1.71. The third-order valence-electron chi connectivity index (χ3n) is 2.74. The molecule has 0 saturated carbocycles. The lowest BCUT2D eigenvalue weighted by Gasteiger charge is -2.23. The molecular formula is C14H16N2O2. The molecule has 0 aliphatic carbocycles. The number of rotatable bonds is 3. The Labute approximate surface area is 106 Å². The largest absolute Gasteiger partial charge is 0.394 e. The Morgan fingerprint density at radius 2 is 2.06 bits per heavy atom. The Hall–Kier alpha value is -1.94. The van der Waals surface area contributed by atoms with Crippen LogP contribution in [0, 0.1) is 0 Å². The van der Waals surface area contributed by atoms with E-state index in [1.807, 2.05) is 30.3 Å². The lowest BCUT2D eigenvalue weighted by atomic mass is 10.1. The number of nitrogens with zero attached hydrogens (tertiary/aromatic N) is 1. The van der Waals surface area contributed by atoms with E-state index >= 15 is 0 Å². The van der Waals surface area contributed by atoms with Crippen LogP contribution in [0.15, 0.2) is 36.5 Å². The monoisotopic (exact) mass is 244 g/mol. The predicted molar refractivity (Wildman–Crippen MR) is 70.4 cm³/mol. The summed E-state index contributed by atoms with van der Waals surface area (Å²) in [6.45, 7) is 3.40. The Morgan fingerprint density at radius 1 is 1.33 bits per heavy atom. The summed E-state index contributed by atoms with van der Waals surface area (Å²) in [5.41, 5.74) is -0.273. The van der Waals surface area contributed by atoms with Crippen LogP contribution in [0.25, 0.3) is 10.8 Å². The molecular weight excluding hydrogens is 228 g/mol. The van der Waals surface area contributed by atoms with Crippen LogP contribution in [-0.4, -0.2) is 28.1 Å². The number of fused-ring (bicyclic) bond motifs is 1. The van der Waals surface area contributed by atoms with Gasteiger partial charge in [-0.25, -0.2) is 0 Å². The maximum absolute atomic E-state index is 12.1. The zero-order valence-electron chi connectivity index (χ0n) is 10.5. The Bertz CT molecular complexity index is 574. The predicted octanol–water partition coefficient (Wildman–Crippen LogP) is 1.74. The minimum Gasteiger partial charge on any atom is -0.394 e. The van der Waals surface area contributed by atoms with Gasteiger partial charge in [-0.3, -0.25) is 9.78 Å². The first-order valence-electron chi connectivity index (χ1n) is 5.81. The number of nitrogens with one attached hydrogen (secondary N) is 1. The summed E-state index contributed by atoms with van der Waals surface area (Å²) in [6, 6.07) is 9.46. The molecule has 1 heterocycles. The van der Waals surface area contributed by atoms with Gasteiger partial charge in [0.15, 0.2) is 0 Å². The van der Waals surface area contributed by atoms with Gasteiger partial charge < -0.3 is 10.4 Å². The molecule has 18 heavy (non-hydrogen) atoms. The van der Waals surface area contributed by atoms with E-state index in [1.165, 1.54) is 0 Å². The van der Waals surface area contributed by atoms with Gasteiger partial charge in [0.1, 0.15) is 5.69 Å². The van der Waals surface area contributed by atoms with Crippen LogP contribution in [0.5, 0.6) is 0 Å². The average Bonchev–Trinajstić information content (AvgIpc) is 2.37. The van der Waals surface area contributed by atoms with Gasteiger partial charge in [0, 0.05) is 11.6 Å². The molecule has 2 N–H and O–H groups in total. The van der Waals surface area contributed by atoms with Crippen LogP contribution < -0.4 is 5.32 Å². The molecule has 4 heteroatoms. The molecule has 0 atom stereocenters. The molecule has 0 unspecified atom stereocenters. The van der Waals surface area contributed by atoms with E-state index in [-0.39, 0.29) is 12.5 Å². The lowest BCUT2D eigenvalue weighted by Crippen LogP contribution is -2.46. The highest BCUT2D eigenvalue weighted by Crippen LogP contribution is 2.16. The topological polar surface area (TPSA) is 62.2 Å². The smallest absolute Gasteiger partial charge is 0.271 e. The molecule has 1 aromatic heterocycles. The van der Waals surface area contributed by atoms with Crippen LogP contribution in [0.3, 0.4) is 0 Å². The second-order valence-corrected chi connectivity index (χ2v) is 4.88. The molecule has 0 bridgehead atoms. The summed E-state index contributed by atoms with van der Waals surface area (Å²) in [5, 5.41) is 13.7. The fourth-order valence-corrected chi connectivity index (χ4v) is 1.71. The Balaban J connectivity index is 2.39. The number of carbonyl (C=O) groups is 1. The van der Waals surface area contributed by atoms with Crippen LogP contribution in [-0.2, 0) is 0 Å². The quantitative estimate of drug-likeness (QED) is 0.864. The van der Waals surface area contributed by atoms with Gasteiger partial charge in [-0.15, -0.1) is 0 Å². The minimum absolute atomic E-state index is 0.122. The first kappa shape index (κ1) is 12.5. The summed E-state index contributed by atoms with van der Waals surface area (Å²) in [4.78, 5) is 16.3. The highest BCUT2D eigenvalue weighted by molar-refractivity contribution is 6.05. The van der Waals surface area contributed by atoms with Gasteiger partial charge in [0.2, 0.25) is 0 Å². The summed E-state index contributed by atoms with van der Waals surface area (Å²) >= 11 is 0. The number of benzene rings is 1. The van der Waals surface area contributed by atoms with Gasteiger partial charge in [0.05, 0.1) is 12.1 Å². The summed E-state index contributed by atoms with van der Waals surface area (Å²) in [6.07, 6.45) is 1.61. The van der Waals surface area contributed by atoms with E-state index in [0.29, 0.717) is 5.69 Å². The molecule has 2 aromatic rings. The third kappa shape index (κ3) is 2.49. The Kier molecular flexibility index (Phi) is 3.30. The van der Waals surface area contributed by atoms with Crippen molar-refractivity contribution in [2.45, 2.75) is 19.4 Å². The van der Waals surface area contributed by atoms with E-state index in [1.54, 1.807) is 20.0 Å². The highest BCUT2D eigenvalue weighted by atomic mass is 16.3. The van der Waals surface area contributed by atoms with E-state index in [4.69, 9.17) is 5.11 Å². The summed E-state index contributed by atoms with van der Waals surface area (Å²) < 4.78 is 0. The highest BCUT2D eigenvalue weighted by Gasteiger charge is 2.21. The van der Waals surface area contributed by atoms with Crippen molar-refractivity contribution in [1.82, 2.24) is 10.3 Å². The normalized spacial score (nSPS) is 11.5. The van der Waals surface area contributed by atoms with Crippen molar-refractivity contribution in [3.63, 3.8) is 0 Å². The molecule has 0 saturated heterocycles. The number of hydrogen-bond donors (Lipinski definition) is 2. The maximum atomic E-state index is 12.1. The van der Waals surface area contributed by atoms with Crippen molar-refractivity contribution >= 4 is 16.7 Å². The van der Waals surface area contributed by atoms with Crippen LogP contribution in [0.4, 0.5) is 0 Å². The fraction of sp³-hybridized carbons (Fsp3) is 0.286. The molecule has 94 valence electrons. The standard InChI is InChI=1S/C14H16N2O2/c1-14(2,9-17)16-13(18)12-11-6-4-3-5-10(11)7-8-15-12/h3-8,17H,9H2,1-2H3,(H,16,18). The minimum atomic E-state index is -0.657. The van der Waals surface area contributed by atoms with Crippen molar-refractivity contribution in [3.8, 4) is 0 Å². The van der Waals surface area contributed by atoms with E-state index in [0.717, 1.165) is 10.8 Å². The zero-order chi connectivity index (χ0) is 13.2. The Morgan fingerprint density at radius 3 is 2.78 bits per heavy atom. The first-order chi connectivity index (χ1) is 8.53. The van der Waals surface area contributed by atoms with Crippen LogP contribution in [0.2, 0.25) is 0 Å². The van der Waals surface area contributed by atoms with Gasteiger partial charge in [-0.05, 0) is 25.3 Å².